The van der Waals surface area contributed by atoms with Crippen molar-refractivity contribution in [1.29, 1.82) is 0 Å². The standard InChI is InChI=1S/C7H4S2Se/c10-7-8-5-3-1-2-4-6(5)9-7/h1-4H. The molecule has 0 spiro atoms. The molecule has 1 aromatic heterocycles. The van der Waals surface area contributed by atoms with Crippen LogP contribution in [0, 0.1) is 2.69 Å². The van der Waals surface area contributed by atoms with Gasteiger partial charge in [-0.25, -0.2) is 0 Å². The van der Waals surface area contributed by atoms with Crippen LogP contribution in [0.2, 0.25) is 0 Å². The number of fused-ring (bicyclic) bond motifs is 1. The Kier molecular flexibility index (Phi) is 1.75. The van der Waals surface area contributed by atoms with E-state index in [0.717, 1.165) is 0 Å². The molecule has 0 radical (unpaired) electrons. The molecule has 0 aliphatic heterocycles. The minimum absolute atomic E-state index is 1.31. The van der Waals surface area contributed by atoms with Crippen LogP contribution in [0.5, 0.6) is 0 Å². The van der Waals surface area contributed by atoms with Gasteiger partial charge in [0.1, 0.15) is 0 Å². The maximum absolute atomic E-state index is 3.03. The Morgan fingerprint density at radius 2 is 1.50 bits per heavy atom. The molecule has 0 saturated heterocycles. The summed E-state index contributed by atoms with van der Waals surface area (Å²) in [5.41, 5.74) is 0. The molecule has 2 rings (SSSR count). The fourth-order valence-electron chi connectivity index (χ4n) is 0.819. The van der Waals surface area contributed by atoms with Gasteiger partial charge in [-0.2, -0.15) is 0 Å². The number of benzene rings is 1. The topological polar surface area (TPSA) is 0 Å². The second-order valence-corrected chi connectivity index (χ2v) is 6.29. The van der Waals surface area contributed by atoms with Gasteiger partial charge in [-0.1, -0.05) is 0 Å². The summed E-state index contributed by atoms with van der Waals surface area (Å²) in [6, 6.07) is 8.45. The van der Waals surface area contributed by atoms with Gasteiger partial charge >= 0.3 is 74.6 Å². The Hall–Kier alpha value is 0.0495. The van der Waals surface area contributed by atoms with Crippen LogP contribution in [-0.4, -0.2) is 15.6 Å². The third-order valence-corrected chi connectivity index (χ3v) is 4.40. The second-order valence-electron chi connectivity index (χ2n) is 1.90. The van der Waals surface area contributed by atoms with Crippen molar-refractivity contribution < 1.29 is 0 Å². The van der Waals surface area contributed by atoms with Gasteiger partial charge in [-0.3, -0.25) is 0 Å². The molecule has 0 aliphatic rings. The van der Waals surface area contributed by atoms with E-state index in [1.807, 2.05) is 22.7 Å². The molecule has 0 N–H and O–H groups in total. The fraction of sp³-hybridized carbons (Fsp3) is 0. The van der Waals surface area contributed by atoms with Crippen molar-refractivity contribution in [2.45, 2.75) is 0 Å². The molecule has 3 heteroatoms. The maximum atomic E-state index is 3.03. The summed E-state index contributed by atoms with van der Waals surface area (Å²) in [5.74, 6) is 0. The quantitative estimate of drug-likeness (QED) is 0.611. The van der Waals surface area contributed by atoms with Gasteiger partial charge in [-0.15, -0.1) is 0 Å². The summed E-state index contributed by atoms with van der Waals surface area (Å²) in [7, 11) is 0. The van der Waals surface area contributed by atoms with Crippen molar-refractivity contribution in [3.8, 4) is 0 Å². The van der Waals surface area contributed by atoms with E-state index in [9.17, 15) is 0 Å². The Morgan fingerprint density at radius 1 is 1.00 bits per heavy atom. The van der Waals surface area contributed by atoms with E-state index in [-0.39, 0.29) is 0 Å². The van der Waals surface area contributed by atoms with Crippen LogP contribution in [0.15, 0.2) is 24.3 Å². The van der Waals surface area contributed by atoms with Gasteiger partial charge in [0.05, 0.1) is 0 Å². The summed E-state index contributed by atoms with van der Waals surface area (Å²) in [6.07, 6.45) is 0. The summed E-state index contributed by atoms with van der Waals surface area (Å²) in [4.78, 5) is 0. The van der Waals surface area contributed by atoms with Gasteiger partial charge in [0.2, 0.25) is 0 Å². The first-order valence-corrected chi connectivity index (χ1v) is 5.34. The van der Waals surface area contributed by atoms with Crippen LogP contribution in [-0.2, 0) is 0 Å². The fourth-order valence-corrected chi connectivity index (χ4v) is 3.89. The molecule has 0 nitrogen and oxygen atoms in total. The SMILES string of the molecule is [Se]=c1sc2ccccc2s1. The molecule has 0 amide bonds. The molecule has 0 atom stereocenters. The predicted octanol–water partition coefficient (Wildman–Crippen LogP) is 2.66. The molecule has 1 heterocycles. The zero-order valence-corrected chi connectivity index (χ0v) is 8.38. The minimum atomic E-state index is 1.31. The van der Waals surface area contributed by atoms with Crippen molar-refractivity contribution in [2.75, 3.05) is 0 Å². The zero-order valence-electron chi connectivity index (χ0n) is 5.03. The Balaban J connectivity index is 3.01. The summed E-state index contributed by atoms with van der Waals surface area (Å²) < 4.78 is 4.06. The van der Waals surface area contributed by atoms with E-state index in [4.69, 9.17) is 0 Å². The third kappa shape index (κ3) is 1.10. The molecule has 0 saturated carbocycles. The first kappa shape index (κ1) is 6.74. The normalized spacial score (nSPS) is 10.4. The Labute approximate surface area is 74.5 Å². The molecular formula is C7H4S2Se. The molecule has 0 aliphatic carbocycles. The van der Waals surface area contributed by atoms with Crippen molar-refractivity contribution in [3.63, 3.8) is 0 Å². The van der Waals surface area contributed by atoms with E-state index in [2.05, 4.69) is 39.8 Å². The molecule has 50 valence electrons. The van der Waals surface area contributed by atoms with Gasteiger partial charge in [-0.05, 0) is 0 Å². The van der Waals surface area contributed by atoms with E-state index >= 15 is 0 Å². The van der Waals surface area contributed by atoms with E-state index < -0.39 is 0 Å². The first-order chi connectivity index (χ1) is 4.86. The van der Waals surface area contributed by atoms with Crippen LogP contribution in [0.1, 0.15) is 0 Å². The van der Waals surface area contributed by atoms with E-state index in [0.29, 0.717) is 0 Å². The Morgan fingerprint density at radius 3 is 2.00 bits per heavy atom. The number of hydrogen-bond donors (Lipinski definition) is 0. The van der Waals surface area contributed by atoms with Crippen molar-refractivity contribution in [1.82, 2.24) is 0 Å². The van der Waals surface area contributed by atoms with Crippen molar-refractivity contribution >= 4 is 47.6 Å². The molecule has 0 unspecified atom stereocenters. The van der Waals surface area contributed by atoms with Gasteiger partial charge in [0, 0.05) is 0 Å². The Bertz CT molecular complexity index is 363. The number of rotatable bonds is 0. The van der Waals surface area contributed by atoms with Crippen LogP contribution in [0.4, 0.5) is 0 Å². The van der Waals surface area contributed by atoms with Crippen molar-refractivity contribution in [3.05, 3.63) is 27.0 Å². The van der Waals surface area contributed by atoms with Crippen LogP contribution in [0.25, 0.3) is 9.40 Å². The monoisotopic (exact) mass is 232 g/mol. The van der Waals surface area contributed by atoms with Gasteiger partial charge < -0.3 is 0 Å². The molecule has 2 aromatic rings. The third-order valence-electron chi connectivity index (χ3n) is 1.24. The zero-order chi connectivity index (χ0) is 6.97. The summed E-state index contributed by atoms with van der Waals surface area (Å²) >= 11 is 6.66. The van der Waals surface area contributed by atoms with E-state index in [1.165, 1.54) is 12.1 Å². The predicted molar refractivity (Wildman–Crippen MR) is 48.7 cm³/mol. The van der Waals surface area contributed by atoms with Gasteiger partial charge in [0.15, 0.2) is 0 Å². The molecule has 0 fully saturated rings. The van der Waals surface area contributed by atoms with Crippen LogP contribution in [0.3, 0.4) is 0 Å². The molecule has 0 bridgehead atoms. The van der Waals surface area contributed by atoms with E-state index in [1.54, 1.807) is 0 Å². The average Bonchev–Trinajstić information content (AvgIpc) is 2.27. The summed E-state index contributed by atoms with van der Waals surface area (Å²) in [6.45, 7) is 0. The van der Waals surface area contributed by atoms with Gasteiger partial charge in [0.25, 0.3) is 0 Å². The first-order valence-electron chi connectivity index (χ1n) is 2.85. The van der Waals surface area contributed by atoms with Crippen molar-refractivity contribution in [2.24, 2.45) is 0 Å². The van der Waals surface area contributed by atoms with Crippen LogP contribution < -0.4 is 0 Å². The summed E-state index contributed by atoms with van der Waals surface area (Å²) in [5, 5.41) is 0. The molecule has 10 heavy (non-hydrogen) atoms. The molecular weight excluding hydrogens is 227 g/mol. The van der Waals surface area contributed by atoms with Crippen LogP contribution >= 0.6 is 22.7 Å². The second kappa shape index (κ2) is 2.59. The molecule has 1 aromatic carbocycles. The number of hydrogen-bond acceptors (Lipinski definition) is 2. The average molecular weight is 231 g/mol.